The van der Waals surface area contributed by atoms with Crippen LogP contribution in [0, 0.1) is 23.3 Å². The molecule has 0 bridgehead atoms. The molecule has 0 saturated heterocycles. The van der Waals surface area contributed by atoms with E-state index < -0.39 is 41.6 Å². The second-order valence-electron chi connectivity index (χ2n) is 3.57. The number of hydrogen-bond acceptors (Lipinski definition) is 3. The normalized spacial score (nSPS) is 10.6. The van der Waals surface area contributed by atoms with Crippen molar-refractivity contribution in [2.75, 3.05) is 6.61 Å². The van der Waals surface area contributed by atoms with E-state index in [1.165, 1.54) is 0 Å². The smallest absolute Gasteiger partial charge is 0.487 e. The Kier molecular flexibility index (Phi) is 4.98. The second-order valence-corrected chi connectivity index (χ2v) is 3.57. The molecule has 0 aliphatic rings. The lowest BCUT2D eigenvalue weighted by Crippen LogP contribution is -2.37. The van der Waals surface area contributed by atoms with Crippen LogP contribution in [0.3, 0.4) is 0 Å². The van der Waals surface area contributed by atoms with E-state index in [1.807, 2.05) is 0 Å². The van der Waals surface area contributed by atoms with E-state index in [4.69, 9.17) is 10.0 Å². The highest BCUT2D eigenvalue weighted by Crippen LogP contribution is 2.25. The number of halogens is 4. The molecule has 0 aliphatic carbocycles. The van der Waals surface area contributed by atoms with Crippen molar-refractivity contribution >= 4 is 12.6 Å². The summed E-state index contributed by atoms with van der Waals surface area (Å²) < 4.78 is 57.9. The third-order valence-electron chi connectivity index (χ3n) is 2.26. The van der Waals surface area contributed by atoms with Gasteiger partial charge in [0.15, 0.2) is 17.4 Å². The van der Waals surface area contributed by atoms with Crippen LogP contribution in [0.25, 0.3) is 0 Å². The second kappa shape index (κ2) is 6.06. The molecule has 1 rings (SSSR count). The van der Waals surface area contributed by atoms with Crippen molar-refractivity contribution in [1.29, 1.82) is 0 Å². The molecule has 0 aromatic heterocycles. The summed E-state index contributed by atoms with van der Waals surface area (Å²) in [6, 6.07) is 0. The minimum absolute atomic E-state index is 0. The molecular formula is C10H15BF4O3. The standard InChI is InChI=1S/C10H11BF4O3.2H2/c1-2-3-4-18-10-8(14)6(12)5(11(16)17)7(13)9(10)15;;/h16-17H,2-4H2,1H3;2*1H. The average Bonchev–Trinajstić information content (AvgIpc) is 2.31. The lowest BCUT2D eigenvalue weighted by molar-refractivity contribution is 0.267. The number of ether oxygens (including phenoxy) is 1. The third kappa shape index (κ3) is 2.76. The van der Waals surface area contributed by atoms with Crippen LogP contribution in [0.1, 0.15) is 22.6 Å². The van der Waals surface area contributed by atoms with Gasteiger partial charge in [0.2, 0.25) is 11.6 Å². The van der Waals surface area contributed by atoms with Crippen LogP contribution in [0.5, 0.6) is 5.75 Å². The Morgan fingerprint density at radius 3 is 1.94 bits per heavy atom. The SMILES string of the molecule is CCCCOc1c(F)c(F)c(B(O)O)c(F)c1F.[HH].[HH]. The van der Waals surface area contributed by atoms with E-state index >= 15 is 0 Å². The van der Waals surface area contributed by atoms with E-state index in [0.29, 0.717) is 12.8 Å². The Morgan fingerprint density at radius 1 is 1.06 bits per heavy atom. The lowest BCUT2D eigenvalue weighted by atomic mass is 9.79. The van der Waals surface area contributed by atoms with Gasteiger partial charge in [0.25, 0.3) is 0 Å². The molecule has 8 heteroatoms. The van der Waals surface area contributed by atoms with Gasteiger partial charge in [-0.2, -0.15) is 8.78 Å². The number of rotatable bonds is 5. The topological polar surface area (TPSA) is 49.7 Å². The van der Waals surface area contributed by atoms with Crippen molar-refractivity contribution in [2.45, 2.75) is 19.8 Å². The molecule has 1 aromatic carbocycles. The largest absolute Gasteiger partial charge is 0.494 e. The molecule has 0 spiro atoms. The van der Waals surface area contributed by atoms with Gasteiger partial charge in [-0.1, -0.05) is 13.3 Å². The fourth-order valence-corrected chi connectivity index (χ4v) is 1.30. The molecular weight excluding hydrogens is 255 g/mol. The van der Waals surface area contributed by atoms with E-state index in [2.05, 4.69) is 4.74 Å². The van der Waals surface area contributed by atoms with Crippen molar-refractivity contribution in [2.24, 2.45) is 0 Å². The average molecular weight is 270 g/mol. The van der Waals surface area contributed by atoms with Crippen LogP contribution in [0.2, 0.25) is 0 Å². The molecule has 18 heavy (non-hydrogen) atoms. The van der Waals surface area contributed by atoms with Crippen molar-refractivity contribution < 1.29 is 35.2 Å². The van der Waals surface area contributed by atoms with Gasteiger partial charge in [0.05, 0.1) is 12.1 Å². The zero-order valence-corrected chi connectivity index (χ0v) is 9.51. The van der Waals surface area contributed by atoms with Gasteiger partial charge in [0, 0.05) is 2.85 Å². The summed E-state index contributed by atoms with van der Waals surface area (Å²) >= 11 is 0. The van der Waals surface area contributed by atoms with Gasteiger partial charge in [0.1, 0.15) is 0 Å². The summed E-state index contributed by atoms with van der Waals surface area (Å²) in [5.41, 5.74) is -1.48. The van der Waals surface area contributed by atoms with Gasteiger partial charge >= 0.3 is 7.12 Å². The number of benzene rings is 1. The molecule has 0 fully saturated rings. The molecule has 0 saturated carbocycles. The Balaban J connectivity index is 0. The van der Waals surface area contributed by atoms with E-state index in [1.54, 1.807) is 6.92 Å². The third-order valence-corrected chi connectivity index (χ3v) is 2.26. The van der Waals surface area contributed by atoms with Crippen LogP contribution >= 0.6 is 0 Å². The van der Waals surface area contributed by atoms with Crippen LogP contribution in [-0.2, 0) is 0 Å². The van der Waals surface area contributed by atoms with Gasteiger partial charge in [-0.25, -0.2) is 8.78 Å². The molecule has 3 nitrogen and oxygen atoms in total. The molecule has 0 unspecified atom stereocenters. The monoisotopic (exact) mass is 270 g/mol. The maximum Gasteiger partial charge on any atom is 0.494 e. The summed E-state index contributed by atoms with van der Waals surface area (Å²) in [6.45, 7) is 1.69. The van der Waals surface area contributed by atoms with Crippen LogP contribution in [-0.4, -0.2) is 23.8 Å². The highest BCUT2D eigenvalue weighted by molar-refractivity contribution is 6.58. The first kappa shape index (κ1) is 14.8. The zero-order valence-electron chi connectivity index (χ0n) is 9.51. The molecule has 104 valence electrons. The van der Waals surface area contributed by atoms with Crippen LogP contribution in [0.15, 0.2) is 0 Å². The van der Waals surface area contributed by atoms with E-state index in [-0.39, 0.29) is 9.46 Å². The molecule has 0 atom stereocenters. The van der Waals surface area contributed by atoms with Gasteiger partial charge < -0.3 is 14.8 Å². The maximum absolute atomic E-state index is 13.4. The fraction of sp³-hybridized carbons (Fsp3) is 0.400. The fourth-order valence-electron chi connectivity index (χ4n) is 1.30. The van der Waals surface area contributed by atoms with Crippen molar-refractivity contribution in [3.8, 4) is 5.75 Å². The Hall–Kier alpha value is -1.28. The summed E-state index contributed by atoms with van der Waals surface area (Å²) in [5.74, 6) is -8.52. The Labute approximate surface area is 104 Å². The van der Waals surface area contributed by atoms with Gasteiger partial charge in [-0.15, -0.1) is 0 Å². The van der Waals surface area contributed by atoms with E-state index in [0.717, 1.165) is 0 Å². The predicted octanol–water partition coefficient (Wildman–Crippen LogP) is 1.59. The zero-order chi connectivity index (χ0) is 13.9. The summed E-state index contributed by atoms with van der Waals surface area (Å²) in [4.78, 5) is 0. The molecule has 0 heterocycles. The van der Waals surface area contributed by atoms with Crippen molar-refractivity contribution in [1.82, 2.24) is 0 Å². The molecule has 2 N–H and O–H groups in total. The molecule has 0 radical (unpaired) electrons. The first-order valence-corrected chi connectivity index (χ1v) is 5.26. The summed E-state index contributed by atoms with van der Waals surface area (Å²) in [5, 5.41) is 17.3. The van der Waals surface area contributed by atoms with E-state index in [9.17, 15) is 17.6 Å². The minimum atomic E-state index is -2.65. The first-order chi connectivity index (χ1) is 8.41. The highest BCUT2D eigenvalue weighted by Gasteiger charge is 2.32. The van der Waals surface area contributed by atoms with Crippen LogP contribution < -0.4 is 10.2 Å². The molecule has 0 amide bonds. The summed E-state index contributed by atoms with van der Waals surface area (Å²) in [7, 11) is -2.65. The molecule has 0 aliphatic heterocycles. The number of unbranched alkanes of at least 4 members (excludes halogenated alkanes) is 1. The summed E-state index contributed by atoms with van der Waals surface area (Å²) in [6.07, 6.45) is 1.12. The lowest BCUT2D eigenvalue weighted by Gasteiger charge is -2.12. The Morgan fingerprint density at radius 2 is 1.56 bits per heavy atom. The minimum Gasteiger partial charge on any atom is -0.487 e. The maximum atomic E-state index is 13.4. The predicted molar refractivity (Wildman–Crippen MR) is 60.7 cm³/mol. The highest BCUT2D eigenvalue weighted by atomic mass is 19.2. The quantitative estimate of drug-likeness (QED) is 0.370. The molecule has 1 aromatic rings. The first-order valence-electron chi connectivity index (χ1n) is 5.26. The van der Waals surface area contributed by atoms with Crippen molar-refractivity contribution in [3.05, 3.63) is 23.3 Å². The van der Waals surface area contributed by atoms with Gasteiger partial charge in [-0.05, 0) is 6.42 Å². The van der Waals surface area contributed by atoms with Crippen molar-refractivity contribution in [3.63, 3.8) is 0 Å². The number of hydrogen-bond donors (Lipinski definition) is 2. The van der Waals surface area contributed by atoms with Crippen LogP contribution in [0.4, 0.5) is 17.6 Å². The Bertz CT molecular complexity index is 420. The van der Waals surface area contributed by atoms with Gasteiger partial charge in [-0.3, -0.25) is 0 Å².